The second-order valence-electron chi connectivity index (χ2n) is 2.88. The number of carbonyl (C=O) groups excluding carboxylic acids is 1. The van der Waals surface area contributed by atoms with Gasteiger partial charge in [-0.1, -0.05) is 18.7 Å². The van der Waals surface area contributed by atoms with E-state index < -0.39 is 4.92 Å². The van der Waals surface area contributed by atoms with Gasteiger partial charge in [0, 0.05) is 18.6 Å². The van der Waals surface area contributed by atoms with E-state index in [1.54, 1.807) is 12.1 Å². The Balaban J connectivity index is 2.78. The molecule has 0 unspecified atom stereocenters. The summed E-state index contributed by atoms with van der Waals surface area (Å²) in [7, 11) is 0. The predicted molar refractivity (Wildman–Crippen MR) is 52.0 cm³/mol. The zero-order chi connectivity index (χ0) is 10.6. The third kappa shape index (κ3) is 2.52. The summed E-state index contributed by atoms with van der Waals surface area (Å²) in [5.74, 6) is 0. The number of hydrogen-bond acceptors (Lipinski definition) is 3. The summed E-state index contributed by atoms with van der Waals surface area (Å²) in [4.78, 5) is 20.1. The van der Waals surface area contributed by atoms with Crippen molar-refractivity contribution < 1.29 is 9.72 Å². The molecule has 14 heavy (non-hydrogen) atoms. The highest BCUT2D eigenvalue weighted by molar-refractivity contribution is 5.72. The van der Waals surface area contributed by atoms with Gasteiger partial charge in [-0.2, -0.15) is 0 Å². The lowest BCUT2D eigenvalue weighted by Crippen LogP contribution is -1.91. The molecule has 0 aliphatic heterocycles. The van der Waals surface area contributed by atoms with E-state index >= 15 is 0 Å². The summed E-state index contributed by atoms with van der Waals surface area (Å²) in [5, 5.41) is 10.3. The number of carbonyl (C=O) groups is 1. The summed E-state index contributed by atoms with van der Waals surface area (Å²) >= 11 is 0. The van der Waals surface area contributed by atoms with Crippen LogP contribution in [-0.4, -0.2) is 11.2 Å². The Bertz CT molecular complexity index is 367. The number of nitro groups is 1. The highest BCUT2D eigenvalue weighted by Gasteiger charge is 2.03. The van der Waals surface area contributed by atoms with Crippen LogP contribution in [0.25, 0.3) is 0 Å². The number of hydrogen-bond donors (Lipinski definition) is 0. The molecule has 72 valence electrons. The van der Waals surface area contributed by atoms with E-state index in [1.807, 2.05) is 0 Å². The molecule has 0 atom stereocenters. The van der Waals surface area contributed by atoms with Gasteiger partial charge in [0.1, 0.15) is 6.29 Å². The molecule has 0 N–H and O–H groups in total. The Kier molecular flexibility index (Phi) is 3.12. The van der Waals surface area contributed by atoms with Gasteiger partial charge in [-0.3, -0.25) is 14.9 Å². The molecular weight excluding hydrogens is 182 g/mol. The number of benzene rings is 1. The predicted octanol–water partition coefficient (Wildman–Crippen LogP) is 1.89. The molecule has 0 saturated heterocycles. The van der Waals surface area contributed by atoms with E-state index in [1.165, 1.54) is 12.1 Å². The average molecular weight is 191 g/mol. The Morgan fingerprint density at radius 1 is 1.43 bits per heavy atom. The Labute approximate surface area is 81.0 Å². The first-order valence-corrected chi connectivity index (χ1v) is 4.00. The summed E-state index contributed by atoms with van der Waals surface area (Å²) in [6.45, 7) is 3.52. The van der Waals surface area contributed by atoms with Crippen molar-refractivity contribution >= 4 is 12.0 Å². The molecule has 0 spiro atoms. The molecule has 0 heterocycles. The lowest BCUT2D eigenvalue weighted by Gasteiger charge is -1.98. The zero-order valence-electron chi connectivity index (χ0n) is 7.47. The number of rotatable bonds is 4. The topological polar surface area (TPSA) is 60.2 Å². The van der Waals surface area contributed by atoms with Crippen LogP contribution in [0.15, 0.2) is 36.4 Å². The maximum absolute atomic E-state index is 10.3. The number of non-ortho nitro benzene ring substituents is 1. The quantitative estimate of drug-likeness (QED) is 0.316. The SMILES string of the molecule is C=C(C=O)Cc1ccc([N+](=O)[O-])cc1. The fourth-order valence-electron chi connectivity index (χ4n) is 1.04. The molecule has 0 saturated carbocycles. The molecule has 1 rings (SSSR count). The van der Waals surface area contributed by atoms with Crippen LogP contribution in [0, 0.1) is 10.1 Å². The van der Waals surface area contributed by atoms with Crippen LogP contribution in [0.2, 0.25) is 0 Å². The standard InChI is InChI=1S/C10H9NO3/c1-8(7-12)6-9-2-4-10(5-3-9)11(13)14/h2-5,7H,1,6H2. The van der Waals surface area contributed by atoms with Gasteiger partial charge < -0.3 is 0 Å². The van der Waals surface area contributed by atoms with Crippen molar-refractivity contribution in [2.24, 2.45) is 0 Å². The van der Waals surface area contributed by atoms with E-state index in [2.05, 4.69) is 6.58 Å². The molecule has 0 amide bonds. The highest BCUT2D eigenvalue weighted by atomic mass is 16.6. The summed E-state index contributed by atoms with van der Waals surface area (Å²) in [6.07, 6.45) is 1.11. The van der Waals surface area contributed by atoms with E-state index in [-0.39, 0.29) is 5.69 Å². The molecular formula is C10H9NO3. The minimum absolute atomic E-state index is 0.0467. The molecule has 4 heteroatoms. The molecule has 0 bridgehead atoms. The van der Waals surface area contributed by atoms with Crippen LogP contribution in [-0.2, 0) is 11.2 Å². The molecule has 1 aromatic rings. The fourth-order valence-corrected chi connectivity index (χ4v) is 1.04. The van der Waals surface area contributed by atoms with Crippen LogP contribution in [0.1, 0.15) is 5.56 Å². The molecule has 0 aliphatic carbocycles. The Hall–Kier alpha value is -1.97. The maximum Gasteiger partial charge on any atom is 0.269 e. The fraction of sp³-hybridized carbons (Fsp3) is 0.100. The van der Waals surface area contributed by atoms with Gasteiger partial charge in [-0.15, -0.1) is 0 Å². The van der Waals surface area contributed by atoms with Gasteiger partial charge in [0.2, 0.25) is 0 Å². The zero-order valence-corrected chi connectivity index (χ0v) is 7.47. The minimum atomic E-state index is -0.460. The largest absolute Gasteiger partial charge is 0.298 e. The van der Waals surface area contributed by atoms with Gasteiger partial charge in [0.25, 0.3) is 5.69 Å². The van der Waals surface area contributed by atoms with Crippen molar-refractivity contribution in [3.8, 4) is 0 Å². The smallest absolute Gasteiger partial charge is 0.269 e. The van der Waals surface area contributed by atoms with Gasteiger partial charge in [0.15, 0.2) is 0 Å². The number of nitro benzene ring substituents is 1. The van der Waals surface area contributed by atoms with Gasteiger partial charge in [0.05, 0.1) is 4.92 Å². The van der Waals surface area contributed by atoms with E-state index in [9.17, 15) is 14.9 Å². The van der Waals surface area contributed by atoms with Crippen LogP contribution in [0.4, 0.5) is 5.69 Å². The molecule has 0 aromatic heterocycles. The summed E-state index contributed by atoms with van der Waals surface area (Å²) in [6, 6.07) is 6.06. The van der Waals surface area contributed by atoms with Crippen molar-refractivity contribution in [2.75, 3.05) is 0 Å². The van der Waals surface area contributed by atoms with Crippen molar-refractivity contribution in [2.45, 2.75) is 6.42 Å². The summed E-state index contributed by atoms with van der Waals surface area (Å²) in [5.41, 5.74) is 1.34. The van der Waals surface area contributed by atoms with Gasteiger partial charge in [-0.25, -0.2) is 0 Å². The van der Waals surface area contributed by atoms with E-state index in [0.29, 0.717) is 18.3 Å². The lowest BCUT2D eigenvalue weighted by atomic mass is 10.1. The van der Waals surface area contributed by atoms with E-state index in [0.717, 1.165) is 5.56 Å². The first-order chi connectivity index (χ1) is 6.63. The molecule has 0 radical (unpaired) electrons. The van der Waals surface area contributed by atoms with Crippen molar-refractivity contribution in [3.05, 3.63) is 52.1 Å². The monoisotopic (exact) mass is 191 g/mol. The number of aldehydes is 1. The molecule has 0 fully saturated rings. The van der Waals surface area contributed by atoms with Crippen LogP contribution in [0.3, 0.4) is 0 Å². The van der Waals surface area contributed by atoms with Crippen LogP contribution in [0.5, 0.6) is 0 Å². The van der Waals surface area contributed by atoms with Crippen molar-refractivity contribution in [1.29, 1.82) is 0 Å². The number of nitrogens with zero attached hydrogens (tertiary/aromatic N) is 1. The first-order valence-electron chi connectivity index (χ1n) is 4.00. The normalized spacial score (nSPS) is 9.43. The molecule has 4 nitrogen and oxygen atoms in total. The second kappa shape index (κ2) is 4.32. The minimum Gasteiger partial charge on any atom is -0.298 e. The summed E-state index contributed by atoms with van der Waals surface area (Å²) < 4.78 is 0. The third-order valence-electron chi connectivity index (χ3n) is 1.75. The maximum atomic E-state index is 10.3. The lowest BCUT2D eigenvalue weighted by molar-refractivity contribution is -0.384. The first kappa shape index (κ1) is 10.1. The Morgan fingerprint density at radius 2 is 2.00 bits per heavy atom. The van der Waals surface area contributed by atoms with Gasteiger partial charge >= 0.3 is 0 Å². The van der Waals surface area contributed by atoms with Crippen molar-refractivity contribution in [3.63, 3.8) is 0 Å². The van der Waals surface area contributed by atoms with Crippen LogP contribution >= 0.6 is 0 Å². The van der Waals surface area contributed by atoms with Gasteiger partial charge in [-0.05, 0) is 11.1 Å². The number of allylic oxidation sites excluding steroid dienone is 1. The molecule has 1 aromatic carbocycles. The second-order valence-corrected chi connectivity index (χ2v) is 2.88. The molecule has 0 aliphatic rings. The van der Waals surface area contributed by atoms with E-state index in [4.69, 9.17) is 0 Å². The Morgan fingerprint density at radius 3 is 2.43 bits per heavy atom. The van der Waals surface area contributed by atoms with Crippen LogP contribution < -0.4 is 0 Å². The third-order valence-corrected chi connectivity index (χ3v) is 1.75. The average Bonchev–Trinajstić information content (AvgIpc) is 2.18. The van der Waals surface area contributed by atoms with Crippen molar-refractivity contribution in [1.82, 2.24) is 0 Å². The highest BCUT2D eigenvalue weighted by Crippen LogP contribution is 2.13.